The lowest BCUT2D eigenvalue weighted by Crippen LogP contribution is -2.48. The van der Waals surface area contributed by atoms with Crippen molar-refractivity contribution in [1.29, 1.82) is 0 Å². The summed E-state index contributed by atoms with van der Waals surface area (Å²) in [5.41, 5.74) is 1.16. The van der Waals surface area contributed by atoms with E-state index in [2.05, 4.69) is 34.7 Å². The summed E-state index contributed by atoms with van der Waals surface area (Å²) in [6.45, 7) is 3.88. The quantitative estimate of drug-likeness (QED) is 0.406. The number of carbonyl (C=O) groups excluding carboxylic acids is 1. The molecule has 0 spiro atoms. The van der Waals surface area contributed by atoms with E-state index < -0.39 is 0 Å². The number of piperidine rings is 1. The van der Waals surface area contributed by atoms with Crippen LogP contribution in [0.3, 0.4) is 0 Å². The van der Waals surface area contributed by atoms with Gasteiger partial charge in [0.2, 0.25) is 5.91 Å². The number of hydrogen-bond donors (Lipinski definition) is 2. The van der Waals surface area contributed by atoms with Crippen molar-refractivity contribution >= 4 is 17.5 Å². The molecule has 186 valence electrons. The van der Waals surface area contributed by atoms with Gasteiger partial charge in [0, 0.05) is 50.1 Å². The highest BCUT2D eigenvalue weighted by molar-refractivity contribution is 6.30. The first kappa shape index (κ1) is 26.5. The molecule has 1 heterocycles. The van der Waals surface area contributed by atoms with Crippen molar-refractivity contribution in [3.05, 3.63) is 34.9 Å². The maximum absolute atomic E-state index is 11.6. The van der Waals surface area contributed by atoms with Crippen molar-refractivity contribution < 1.29 is 9.53 Å². The molecule has 0 radical (unpaired) electrons. The summed E-state index contributed by atoms with van der Waals surface area (Å²) in [6, 6.07) is 8.73. The van der Waals surface area contributed by atoms with Crippen molar-refractivity contribution in [2.45, 2.75) is 76.4 Å². The molecule has 2 aliphatic rings. The van der Waals surface area contributed by atoms with Gasteiger partial charge in [0.05, 0.1) is 6.10 Å². The molecule has 0 aromatic heterocycles. The highest BCUT2D eigenvalue weighted by Gasteiger charge is 2.33. The third-order valence-electron chi connectivity index (χ3n) is 7.51. The van der Waals surface area contributed by atoms with Gasteiger partial charge in [0.1, 0.15) is 0 Å². The zero-order valence-electron chi connectivity index (χ0n) is 20.7. The van der Waals surface area contributed by atoms with Crippen LogP contribution >= 0.6 is 11.6 Å². The summed E-state index contributed by atoms with van der Waals surface area (Å²) >= 11 is 6.35. The minimum atomic E-state index is 0.0149. The summed E-state index contributed by atoms with van der Waals surface area (Å²) in [5, 5.41) is 6.92. The topological polar surface area (TPSA) is 53.6 Å². The Morgan fingerprint density at radius 1 is 1.18 bits per heavy atom. The van der Waals surface area contributed by atoms with Gasteiger partial charge in [-0.15, -0.1) is 0 Å². The molecule has 1 aliphatic heterocycles. The van der Waals surface area contributed by atoms with E-state index in [1.165, 1.54) is 57.9 Å². The van der Waals surface area contributed by atoms with Crippen molar-refractivity contribution in [2.75, 3.05) is 40.3 Å². The smallest absolute Gasteiger partial charge is 0.219 e. The second kappa shape index (κ2) is 14.3. The largest absolute Gasteiger partial charge is 0.373 e. The van der Waals surface area contributed by atoms with Crippen LogP contribution in [0.2, 0.25) is 5.02 Å². The van der Waals surface area contributed by atoms with E-state index in [-0.39, 0.29) is 12.0 Å². The number of nitrogens with one attached hydrogen (secondary N) is 2. The molecule has 3 rings (SSSR count). The van der Waals surface area contributed by atoms with Gasteiger partial charge in [-0.05, 0) is 62.9 Å². The Balaban J connectivity index is 1.67. The van der Waals surface area contributed by atoms with Crippen LogP contribution in [0.4, 0.5) is 0 Å². The van der Waals surface area contributed by atoms with E-state index in [4.69, 9.17) is 16.3 Å². The van der Waals surface area contributed by atoms with E-state index in [1.54, 1.807) is 7.05 Å². The zero-order chi connectivity index (χ0) is 23.5. The van der Waals surface area contributed by atoms with Crippen LogP contribution in [-0.2, 0) is 9.53 Å². The van der Waals surface area contributed by atoms with Crippen LogP contribution in [0.25, 0.3) is 0 Å². The monoisotopic (exact) mass is 477 g/mol. The molecule has 0 bridgehead atoms. The summed E-state index contributed by atoms with van der Waals surface area (Å²) < 4.78 is 6.47. The minimum Gasteiger partial charge on any atom is -0.373 e. The molecular formula is C27H44ClN3O2. The van der Waals surface area contributed by atoms with Gasteiger partial charge < -0.3 is 15.4 Å². The lowest BCUT2D eigenvalue weighted by Gasteiger charge is -2.42. The fraction of sp³-hybridized carbons (Fsp3) is 0.741. The zero-order valence-corrected chi connectivity index (χ0v) is 21.4. The van der Waals surface area contributed by atoms with Gasteiger partial charge >= 0.3 is 0 Å². The van der Waals surface area contributed by atoms with E-state index in [0.29, 0.717) is 25.0 Å². The van der Waals surface area contributed by atoms with Gasteiger partial charge in [-0.3, -0.25) is 9.69 Å². The maximum atomic E-state index is 11.6. The molecule has 1 saturated heterocycles. The first-order valence-electron chi connectivity index (χ1n) is 13.1. The van der Waals surface area contributed by atoms with Crippen LogP contribution in [0, 0.1) is 11.8 Å². The molecule has 6 heteroatoms. The molecule has 1 aliphatic carbocycles. The summed E-state index contributed by atoms with van der Waals surface area (Å²) in [7, 11) is 3.77. The molecule has 5 nitrogen and oxygen atoms in total. The van der Waals surface area contributed by atoms with Crippen LogP contribution in [0.15, 0.2) is 24.3 Å². The highest BCUT2D eigenvalue weighted by Crippen LogP contribution is 2.36. The van der Waals surface area contributed by atoms with Crippen LogP contribution in [0.5, 0.6) is 0 Å². The highest BCUT2D eigenvalue weighted by atomic mass is 35.5. The molecule has 1 amide bonds. The van der Waals surface area contributed by atoms with E-state index in [1.807, 2.05) is 12.1 Å². The van der Waals surface area contributed by atoms with Crippen LogP contribution < -0.4 is 10.6 Å². The predicted molar refractivity (Wildman–Crippen MR) is 137 cm³/mol. The normalized spacial score (nSPS) is 22.1. The van der Waals surface area contributed by atoms with Crippen molar-refractivity contribution in [1.82, 2.24) is 15.5 Å². The number of nitrogens with zero attached hydrogens (tertiary/aromatic N) is 1. The molecule has 33 heavy (non-hydrogen) atoms. The SMILES string of the molecule is CNCC(CC1CCCCC1)N1CCCC(C(OCCCC(=O)NC)c2cccc(Cl)c2)C1. The number of rotatable bonds is 12. The van der Waals surface area contributed by atoms with Crippen LogP contribution in [-0.4, -0.2) is 57.2 Å². The van der Waals surface area contributed by atoms with Gasteiger partial charge in [-0.25, -0.2) is 0 Å². The van der Waals surface area contributed by atoms with Gasteiger partial charge in [-0.2, -0.15) is 0 Å². The number of carbonyl (C=O) groups is 1. The number of ether oxygens (including phenoxy) is 1. The van der Waals surface area contributed by atoms with E-state index in [9.17, 15) is 4.79 Å². The van der Waals surface area contributed by atoms with Crippen molar-refractivity contribution in [2.24, 2.45) is 11.8 Å². The fourth-order valence-corrected chi connectivity index (χ4v) is 5.98. The standard InChI is InChI=1S/C27H44ClN3O2/c1-29-19-25(17-21-9-4-3-5-10-21)31-15-7-12-23(20-31)27(22-11-6-13-24(28)18-22)33-16-8-14-26(32)30-2/h6,11,13,18,21,23,25,27,29H,3-5,7-10,12,14-17,19-20H2,1-2H3,(H,30,32). The Morgan fingerprint density at radius 2 is 2.00 bits per heavy atom. The number of likely N-dealkylation sites (N-methyl/N-ethyl adjacent to an activating group) is 1. The molecule has 2 N–H and O–H groups in total. The Labute approximate surface area is 206 Å². The second-order valence-corrected chi connectivity index (χ2v) is 10.4. The Morgan fingerprint density at radius 3 is 2.73 bits per heavy atom. The Kier molecular flexibility index (Phi) is 11.5. The molecule has 3 unspecified atom stereocenters. The Hall–Kier alpha value is -1.14. The average Bonchev–Trinajstić information content (AvgIpc) is 2.84. The van der Waals surface area contributed by atoms with Gasteiger partial charge in [0.15, 0.2) is 0 Å². The predicted octanol–water partition coefficient (Wildman–Crippen LogP) is 5.19. The number of halogens is 1. The first-order valence-corrected chi connectivity index (χ1v) is 13.4. The number of amides is 1. The molecule has 1 aromatic rings. The minimum absolute atomic E-state index is 0.0149. The van der Waals surface area contributed by atoms with Gasteiger partial charge in [-0.1, -0.05) is 55.8 Å². The van der Waals surface area contributed by atoms with Crippen LogP contribution in [0.1, 0.15) is 75.9 Å². The number of benzene rings is 1. The number of hydrogen-bond acceptors (Lipinski definition) is 4. The first-order chi connectivity index (χ1) is 16.1. The number of likely N-dealkylation sites (tertiary alicyclic amines) is 1. The van der Waals surface area contributed by atoms with Crippen molar-refractivity contribution in [3.63, 3.8) is 0 Å². The molecular weight excluding hydrogens is 434 g/mol. The molecule has 2 fully saturated rings. The summed E-state index contributed by atoms with van der Waals surface area (Å²) in [6.07, 6.45) is 11.9. The summed E-state index contributed by atoms with van der Waals surface area (Å²) in [5.74, 6) is 1.38. The molecule has 1 aromatic carbocycles. The maximum Gasteiger partial charge on any atom is 0.219 e. The fourth-order valence-electron chi connectivity index (χ4n) is 5.78. The average molecular weight is 478 g/mol. The lowest BCUT2D eigenvalue weighted by atomic mass is 9.83. The van der Waals surface area contributed by atoms with Gasteiger partial charge in [0.25, 0.3) is 0 Å². The van der Waals surface area contributed by atoms with E-state index in [0.717, 1.165) is 36.0 Å². The molecule has 1 saturated carbocycles. The summed E-state index contributed by atoms with van der Waals surface area (Å²) in [4.78, 5) is 14.3. The van der Waals surface area contributed by atoms with E-state index >= 15 is 0 Å². The van der Waals surface area contributed by atoms with Crippen molar-refractivity contribution in [3.8, 4) is 0 Å². The third-order valence-corrected chi connectivity index (χ3v) is 7.74. The molecule has 3 atom stereocenters. The Bertz CT molecular complexity index is 710. The second-order valence-electron chi connectivity index (χ2n) is 9.97. The third kappa shape index (κ3) is 8.54. The lowest BCUT2D eigenvalue weighted by molar-refractivity contribution is -0.121.